The number of piperidine rings is 1. The SMILES string of the molecule is O=C1NCCCC1Nc1cccc(F)n1. The van der Waals surface area contributed by atoms with Crippen LogP contribution in [0.5, 0.6) is 0 Å². The van der Waals surface area contributed by atoms with Crippen LogP contribution in [0.25, 0.3) is 0 Å². The van der Waals surface area contributed by atoms with Crippen LogP contribution in [0, 0.1) is 5.95 Å². The van der Waals surface area contributed by atoms with Gasteiger partial charge in [-0.2, -0.15) is 4.39 Å². The number of halogens is 1. The highest BCUT2D eigenvalue weighted by molar-refractivity contribution is 5.84. The number of hydrogen-bond donors (Lipinski definition) is 2. The van der Waals surface area contributed by atoms with Crippen molar-refractivity contribution in [2.24, 2.45) is 0 Å². The Bertz CT molecular complexity index is 369. The monoisotopic (exact) mass is 209 g/mol. The highest BCUT2D eigenvalue weighted by Crippen LogP contribution is 2.11. The molecule has 1 aromatic rings. The molecule has 0 saturated carbocycles. The lowest BCUT2D eigenvalue weighted by atomic mass is 10.1. The van der Waals surface area contributed by atoms with E-state index < -0.39 is 5.95 Å². The predicted molar refractivity (Wildman–Crippen MR) is 53.8 cm³/mol. The first-order chi connectivity index (χ1) is 7.25. The third-order valence-electron chi connectivity index (χ3n) is 2.32. The molecule has 1 aliphatic heterocycles. The number of aromatic nitrogens is 1. The highest BCUT2D eigenvalue weighted by Gasteiger charge is 2.21. The van der Waals surface area contributed by atoms with Crippen LogP contribution in [0.2, 0.25) is 0 Å². The van der Waals surface area contributed by atoms with Gasteiger partial charge in [0.2, 0.25) is 11.9 Å². The Kier molecular flexibility index (Phi) is 2.80. The van der Waals surface area contributed by atoms with Crippen molar-refractivity contribution in [1.82, 2.24) is 10.3 Å². The highest BCUT2D eigenvalue weighted by atomic mass is 19.1. The van der Waals surface area contributed by atoms with Gasteiger partial charge in [-0.3, -0.25) is 4.79 Å². The summed E-state index contributed by atoms with van der Waals surface area (Å²) < 4.78 is 12.8. The lowest BCUT2D eigenvalue weighted by Crippen LogP contribution is -2.44. The van der Waals surface area contributed by atoms with Gasteiger partial charge in [0.15, 0.2) is 0 Å². The number of anilines is 1. The van der Waals surface area contributed by atoms with E-state index >= 15 is 0 Å². The van der Waals surface area contributed by atoms with Gasteiger partial charge in [0.05, 0.1) is 0 Å². The number of carbonyl (C=O) groups is 1. The molecule has 1 unspecified atom stereocenters. The molecule has 4 nitrogen and oxygen atoms in total. The molecule has 5 heteroatoms. The van der Waals surface area contributed by atoms with Gasteiger partial charge in [-0.1, -0.05) is 6.07 Å². The van der Waals surface area contributed by atoms with Crippen molar-refractivity contribution in [3.05, 3.63) is 24.1 Å². The summed E-state index contributed by atoms with van der Waals surface area (Å²) in [6.07, 6.45) is 1.68. The van der Waals surface area contributed by atoms with Crippen LogP contribution in [-0.4, -0.2) is 23.5 Å². The van der Waals surface area contributed by atoms with Crippen LogP contribution < -0.4 is 10.6 Å². The second-order valence-electron chi connectivity index (χ2n) is 3.48. The van der Waals surface area contributed by atoms with Crippen LogP contribution in [-0.2, 0) is 4.79 Å². The predicted octanol–water partition coefficient (Wildman–Crippen LogP) is 0.911. The number of pyridine rings is 1. The third-order valence-corrected chi connectivity index (χ3v) is 2.32. The number of carbonyl (C=O) groups excluding carboxylic acids is 1. The quantitative estimate of drug-likeness (QED) is 0.712. The summed E-state index contributed by atoms with van der Waals surface area (Å²) >= 11 is 0. The Morgan fingerprint density at radius 1 is 1.53 bits per heavy atom. The zero-order valence-electron chi connectivity index (χ0n) is 8.16. The molecule has 15 heavy (non-hydrogen) atoms. The molecule has 2 heterocycles. The van der Waals surface area contributed by atoms with Gasteiger partial charge < -0.3 is 10.6 Å². The molecule has 80 valence electrons. The molecule has 1 aromatic heterocycles. The molecule has 1 amide bonds. The van der Waals surface area contributed by atoms with E-state index in [1.807, 2.05) is 0 Å². The second-order valence-corrected chi connectivity index (χ2v) is 3.48. The zero-order chi connectivity index (χ0) is 10.7. The minimum atomic E-state index is -0.545. The van der Waals surface area contributed by atoms with Crippen LogP contribution in [0.4, 0.5) is 10.2 Å². The van der Waals surface area contributed by atoms with E-state index in [0.29, 0.717) is 12.4 Å². The van der Waals surface area contributed by atoms with Crippen LogP contribution >= 0.6 is 0 Å². The molecule has 1 atom stereocenters. The number of hydrogen-bond acceptors (Lipinski definition) is 3. The Labute approximate surface area is 86.9 Å². The molecule has 0 spiro atoms. The Morgan fingerprint density at radius 2 is 2.40 bits per heavy atom. The maximum atomic E-state index is 12.8. The second kappa shape index (κ2) is 4.25. The van der Waals surface area contributed by atoms with Gasteiger partial charge >= 0.3 is 0 Å². The van der Waals surface area contributed by atoms with Crippen LogP contribution in [0.1, 0.15) is 12.8 Å². The van der Waals surface area contributed by atoms with E-state index in [2.05, 4.69) is 15.6 Å². The molecular formula is C10H12FN3O. The van der Waals surface area contributed by atoms with E-state index in [4.69, 9.17) is 0 Å². The normalized spacial score (nSPS) is 20.9. The molecule has 1 fully saturated rings. The first kappa shape index (κ1) is 9.89. The fourth-order valence-corrected chi connectivity index (χ4v) is 1.58. The lowest BCUT2D eigenvalue weighted by molar-refractivity contribution is -0.123. The summed E-state index contributed by atoms with van der Waals surface area (Å²) in [5, 5.41) is 5.65. The van der Waals surface area contributed by atoms with Gasteiger partial charge in [0, 0.05) is 6.54 Å². The van der Waals surface area contributed by atoms with E-state index in [-0.39, 0.29) is 11.9 Å². The number of nitrogens with one attached hydrogen (secondary N) is 2. The molecule has 2 rings (SSSR count). The average Bonchev–Trinajstić information content (AvgIpc) is 2.22. The minimum absolute atomic E-state index is 0.0488. The largest absolute Gasteiger partial charge is 0.358 e. The molecule has 2 N–H and O–H groups in total. The van der Waals surface area contributed by atoms with Crippen LogP contribution in [0.15, 0.2) is 18.2 Å². The summed E-state index contributed by atoms with van der Waals surface area (Å²) in [6, 6.07) is 4.18. The summed E-state index contributed by atoms with van der Waals surface area (Å²) in [7, 11) is 0. The lowest BCUT2D eigenvalue weighted by Gasteiger charge is -2.23. The number of nitrogens with zero attached hydrogens (tertiary/aromatic N) is 1. The Balaban J connectivity index is 2.04. The van der Waals surface area contributed by atoms with Crippen LogP contribution in [0.3, 0.4) is 0 Å². The number of rotatable bonds is 2. The van der Waals surface area contributed by atoms with Crippen molar-refractivity contribution >= 4 is 11.7 Å². The molecule has 0 bridgehead atoms. The Morgan fingerprint density at radius 3 is 3.13 bits per heavy atom. The number of amides is 1. The fraction of sp³-hybridized carbons (Fsp3) is 0.400. The van der Waals surface area contributed by atoms with Gasteiger partial charge in [0.1, 0.15) is 11.9 Å². The van der Waals surface area contributed by atoms with E-state index in [1.54, 1.807) is 12.1 Å². The minimum Gasteiger partial charge on any atom is -0.358 e. The Hall–Kier alpha value is -1.65. The van der Waals surface area contributed by atoms with E-state index in [1.165, 1.54) is 6.07 Å². The van der Waals surface area contributed by atoms with Gasteiger partial charge in [0.25, 0.3) is 0 Å². The van der Waals surface area contributed by atoms with Gasteiger partial charge in [-0.05, 0) is 25.0 Å². The fourth-order valence-electron chi connectivity index (χ4n) is 1.58. The first-order valence-electron chi connectivity index (χ1n) is 4.92. The van der Waals surface area contributed by atoms with E-state index in [9.17, 15) is 9.18 Å². The van der Waals surface area contributed by atoms with Crippen molar-refractivity contribution < 1.29 is 9.18 Å². The van der Waals surface area contributed by atoms with Crippen molar-refractivity contribution in [2.45, 2.75) is 18.9 Å². The maximum Gasteiger partial charge on any atom is 0.242 e. The molecule has 0 radical (unpaired) electrons. The molecule has 0 aromatic carbocycles. The standard InChI is InChI=1S/C10H12FN3O/c11-8-4-1-5-9(14-8)13-7-3-2-6-12-10(7)15/h1,4-5,7H,2-3,6H2,(H,12,15)(H,13,14). The molecule has 0 aliphatic carbocycles. The zero-order valence-corrected chi connectivity index (χ0v) is 8.16. The third kappa shape index (κ3) is 2.43. The molecule has 1 aliphatic rings. The summed E-state index contributed by atoms with van der Waals surface area (Å²) in [5.41, 5.74) is 0. The summed E-state index contributed by atoms with van der Waals surface area (Å²) in [6.45, 7) is 0.716. The van der Waals surface area contributed by atoms with Crippen molar-refractivity contribution in [3.63, 3.8) is 0 Å². The first-order valence-corrected chi connectivity index (χ1v) is 4.92. The molecule has 1 saturated heterocycles. The summed E-state index contributed by atoms with van der Waals surface area (Å²) in [4.78, 5) is 15.0. The average molecular weight is 209 g/mol. The van der Waals surface area contributed by atoms with Gasteiger partial charge in [-0.25, -0.2) is 4.98 Å². The molecular weight excluding hydrogens is 197 g/mol. The van der Waals surface area contributed by atoms with Crippen molar-refractivity contribution in [2.75, 3.05) is 11.9 Å². The van der Waals surface area contributed by atoms with E-state index in [0.717, 1.165) is 12.8 Å². The maximum absolute atomic E-state index is 12.8. The summed E-state index contributed by atoms with van der Waals surface area (Å²) in [5.74, 6) is -0.194. The van der Waals surface area contributed by atoms with Crippen molar-refractivity contribution in [3.8, 4) is 0 Å². The smallest absolute Gasteiger partial charge is 0.242 e. The van der Waals surface area contributed by atoms with Gasteiger partial charge in [-0.15, -0.1) is 0 Å². The topological polar surface area (TPSA) is 54.0 Å². The van der Waals surface area contributed by atoms with Crippen molar-refractivity contribution in [1.29, 1.82) is 0 Å².